The molecule has 5 rings (SSSR count). The fourth-order valence-corrected chi connectivity index (χ4v) is 5.22. The number of amides is 1. The highest BCUT2D eigenvalue weighted by molar-refractivity contribution is 6.31. The average molecular weight is 636 g/mol. The highest BCUT2D eigenvalue weighted by atomic mass is 35.5. The second-order valence-corrected chi connectivity index (χ2v) is 10.8. The summed E-state index contributed by atoms with van der Waals surface area (Å²) in [7, 11) is 0. The molecule has 0 spiro atoms. The maximum Gasteiger partial charge on any atom is 0.416 e. The minimum Gasteiger partial charge on any atom is -0.493 e. The van der Waals surface area contributed by atoms with Crippen molar-refractivity contribution in [1.29, 1.82) is 0 Å². The normalized spacial score (nSPS) is 12.2. The predicted octanol–water partition coefficient (Wildman–Crippen LogP) is 8.26. The summed E-state index contributed by atoms with van der Waals surface area (Å²) in [5, 5.41) is 18.7. The fraction of sp³-hybridized carbons (Fsp3) is 0.206. The van der Waals surface area contributed by atoms with Crippen molar-refractivity contribution in [3.63, 3.8) is 0 Å². The number of aliphatic carboxylic acids is 1. The first-order chi connectivity index (χ1) is 21.4. The van der Waals surface area contributed by atoms with Crippen molar-refractivity contribution < 1.29 is 32.6 Å². The van der Waals surface area contributed by atoms with Gasteiger partial charge in [0.2, 0.25) is 0 Å². The van der Waals surface area contributed by atoms with Gasteiger partial charge in [-0.1, -0.05) is 41.9 Å². The Morgan fingerprint density at radius 1 is 0.978 bits per heavy atom. The SMILES string of the molecule is CCOc1ccc(C(F)(F)F)cc1-c1cc(-c2ccc3cc(Cl)ccc3c2)n([C@@H](C)c2ccc(C(=O)NCCC(=O)O)cc2)n1. The Morgan fingerprint density at radius 3 is 2.38 bits per heavy atom. The number of hydrogen-bond donors (Lipinski definition) is 2. The molecular formula is C34H29ClF3N3O4. The van der Waals surface area contributed by atoms with Gasteiger partial charge in [0.05, 0.1) is 36.0 Å². The number of carboxylic acid groups (broad SMARTS) is 1. The number of alkyl halides is 3. The van der Waals surface area contributed by atoms with Crippen LogP contribution in [0, 0.1) is 0 Å². The van der Waals surface area contributed by atoms with Crippen LogP contribution in [0.4, 0.5) is 13.2 Å². The number of nitrogens with one attached hydrogen (secondary N) is 1. The molecule has 1 aromatic heterocycles. The molecule has 0 radical (unpaired) electrons. The van der Waals surface area contributed by atoms with Gasteiger partial charge in [-0.25, -0.2) is 0 Å². The van der Waals surface area contributed by atoms with E-state index in [4.69, 9.17) is 26.5 Å². The average Bonchev–Trinajstić information content (AvgIpc) is 3.45. The molecule has 5 aromatic rings. The summed E-state index contributed by atoms with van der Waals surface area (Å²) in [4.78, 5) is 23.2. The van der Waals surface area contributed by atoms with Gasteiger partial charge in [0.15, 0.2) is 0 Å². The van der Waals surface area contributed by atoms with Crippen molar-refractivity contribution in [3.05, 3.63) is 107 Å². The Kier molecular flexibility index (Phi) is 9.15. The molecule has 11 heteroatoms. The van der Waals surface area contributed by atoms with E-state index in [1.54, 1.807) is 48.0 Å². The van der Waals surface area contributed by atoms with Crippen LogP contribution in [-0.4, -0.2) is 39.9 Å². The lowest BCUT2D eigenvalue weighted by Crippen LogP contribution is -2.26. The van der Waals surface area contributed by atoms with E-state index in [0.717, 1.165) is 34.0 Å². The molecule has 0 aliphatic heterocycles. The first-order valence-corrected chi connectivity index (χ1v) is 14.6. The summed E-state index contributed by atoms with van der Waals surface area (Å²) < 4.78 is 48.7. The number of benzene rings is 4. The lowest BCUT2D eigenvalue weighted by Gasteiger charge is -2.17. The van der Waals surface area contributed by atoms with Crippen LogP contribution in [0.15, 0.2) is 84.9 Å². The molecule has 0 unspecified atom stereocenters. The van der Waals surface area contributed by atoms with Gasteiger partial charge in [0.1, 0.15) is 5.75 Å². The lowest BCUT2D eigenvalue weighted by atomic mass is 10.0. The van der Waals surface area contributed by atoms with Crippen LogP contribution in [0.3, 0.4) is 0 Å². The minimum atomic E-state index is -4.56. The van der Waals surface area contributed by atoms with Crippen LogP contribution in [0.25, 0.3) is 33.3 Å². The van der Waals surface area contributed by atoms with Crippen molar-refractivity contribution in [2.45, 2.75) is 32.5 Å². The van der Waals surface area contributed by atoms with E-state index in [2.05, 4.69) is 5.32 Å². The zero-order valence-electron chi connectivity index (χ0n) is 24.4. The van der Waals surface area contributed by atoms with E-state index in [1.807, 2.05) is 37.3 Å². The Balaban J connectivity index is 1.59. The van der Waals surface area contributed by atoms with Gasteiger partial charge in [-0.15, -0.1) is 0 Å². The van der Waals surface area contributed by atoms with Crippen molar-refractivity contribution >= 4 is 34.2 Å². The number of rotatable bonds is 10. The number of ether oxygens (including phenoxy) is 1. The summed E-state index contributed by atoms with van der Waals surface area (Å²) in [5.41, 5.74) is 2.28. The summed E-state index contributed by atoms with van der Waals surface area (Å²) in [6.45, 7) is 3.92. The number of aromatic nitrogens is 2. The molecule has 0 fully saturated rings. The molecule has 0 aliphatic carbocycles. The maximum atomic E-state index is 13.7. The molecule has 2 N–H and O–H groups in total. The van der Waals surface area contributed by atoms with Crippen molar-refractivity contribution in [2.24, 2.45) is 0 Å². The van der Waals surface area contributed by atoms with Gasteiger partial charge in [0, 0.05) is 28.3 Å². The smallest absolute Gasteiger partial charge is 0.416 e. The van der Waals surface area contributed by atoms with Crippen molar-refractivity contribution in [2.75, 3.05) is 13.2 Å². The predicted molar refractivity (Wildman–Crippen MR) is 167 cm³/mol. The number of halogens is 4. The third-order valence-electron chi connectivity index (χ3n) is 7.36. The third kappa shape index (κ3) is 7.12. The van der Waals surface area contributed by atoms with Gasteiger partial charge < -0.3 is 15.2 Å². The van der Waals surface area contributed by atoms with Crippen LogP contribution in [0.5, 0.6) is 5.75 Å². The van der Waals surface area contributed by atoms with Gasteiger partial charge >= 0.3 is 12.1 Å². The number of carbonyl (C=O) groups is 2. The summed E-state index contributed by atoms with van der Waals surface area (Å²) in [6, 6.07) is 22.8. The van der Waals surface area contributed by atoms with Gasteiger partial charge in [0.25, 0.3) is 5.91 Å². The van der Waals surface area contributed by atoms with Crippen LogP contribution < -0.4 is 10.1 Å². The molecular weight excluding hydrogens is 607 g/mol. The zero-order valence-corrected chi connectivity index (χ0v) is 25.1. The van der Waals surface area contributed by atoms with E-state index in [9.17, 15) is 22.8 Å². The van der Waals surface area contributed by atoms with E-state index in [1.165, 1.54) is 6.07 Å². The molecule has 0 saturated carbocycles. The zero-order chi connectivity index (χ0) is 32.3. The van der Waals surface area contributed by atoms with Crippen LogP contribution in [0.1, 0.15) is 47.8 Å². The largest absolute Gasteiger partial charge is 0.493 e. The van der Waals surface area contributed by atoms with Crippen LogP contribution in [-0.2, 0) is 11.0 Å². The molecule has 0 aliphatic rings. The Labute approximate surface area is 262 Å². The molecule has 1 amide bonds. The summed E-state index contributed by atoms with van der Waals surface area (Å²) >= 11 is 6.18. The van der Waals surface area contributed by atoms with Crippen molar-refractivity contribution in [1.82, 2.24) is 15.1 Å². The topological polar surface area (TPSA) is 93.5 Å². The van der Waals surface area contributed by atoms with Crippen LogP contribution in [0.2, 0.25) is 5.02 Å². The molecule has 1 atom stereocenters. The lowest BCUT2D eigenvalue weighted by molar-refractivity contribution is -0.138. The van der Waals surface area contributed by atoms with E-state index < -0.39 is 29.7 Å². The molecule has 1 heterocycles. The van der Waals surface area contributed by atoms with Gasteiger partial charge in [-0.05, 0) is 84.8 Å². The van der Waals surface area contributed by atoms with Gasteiger partial charge in [-0.2, -0.15) is 18.3 Å². The molecule has 0 bridgehead atoms. The van der Waals surface area contributed by atoms with Gasteiger partial charge in [-0.3, -0.25) is 14.3 Å². The first-order valence-electron chi connectivity index (χ1n) is 14.2. The molecule has 0 saturated heterocycles. The summed E-state index contributed by atoms with van der Waals surface area (Å²) in [6.07, 6.45) is -4.75. The number of carboxylic acids is 1. The Bertz CT molecular complexity index is 1870. The third-order valence-corrected chi connectivity index (χ3v) is 7.60. The monoisotopic (exact) mass is 635 g/mol. The molecule has 7 nitrogen and oxygen atoms in total. The fourth-order valence-electron chi connectivity index (χ4n) is 5.04. The van der Waals surface area contributed by atoms with E-state index in [-0.39, 0.29) is 30.9 Å². The van der Waals surface area contributed by atoms with Crippen LogP contribution >= 0.6 is 11.6 Å². The Hall–Kier alpha value is -4.83. The second-order valence-electron chi connectivity index (χ2n) is 10.4. The molecule has 45 heavy (non-hydrogen) atoms. The number of nitrogens with zero attached hydrogens (tertiary/aromatic N) is 2. The molecule has 4 aromatic carbocycles. The standard InChI is InChI=1S/C34H29ClF3N3O4/c1-3-45-31-13-11-26(34(36,37)38)18-28(31)29-19-30(25-9-8-24-17-27(35)12-10-23(24)16-25)41(40-29)20(2)21-4-6-22(7-5-21)33(44)39-15-14-32(42)43/h4-13,16-20H,3,14-15H2,1-2H3,(H,39,44)(H,42,43)/t20-/m0/s1. The highest BCUT2D eigenvalue weighted by Crippen LogP contribution is 2.39. The minimum absolute atomic E-state index is 0.00296. The summed E-state index contributed by atoms with van der Waals surface area (Å²) in [5.74, 6) is -1.13. The first kappa shape index (κ1) is 31.6. The quantitative estimate of drug-likeness (QED) is 0.161. The Morgan fingerprint density at radius 2 is 1.69 bits per heavy atom. The molecule has 232 valence electrons. The number of hydrogen-bond acceptors (Lipinski definition) is 4. The number of fused-ring (bicyclic) bond motifs is 1. The second kappa shape index (κ2) is 13.0. The van der Waals surface area contributed by atoms with E-state index in [0.29, 0.717) is 22.0 Å². The maximum absolute atomic E-state index is 13.7. The van der Waals surface area contributed by atoms with E-state index >= 15 is 0 Å². The number of carbonyl (C=O) groups excluding carboxylic acids is 1. The van der Waals surface area contributed by atoms with Crippen molar-refractivity contribution in [3.8, 4) is 28.3 Å². The highest BCUT2D eigenvalue weighted by Gasteiger charge is 2.32.